The number of hydrogen-bond acceptors (Lipinski definition) is 2. The van der Waals surface area contributed by atoms with E-state index < -0.39 is 0 Å². The number of guanidine groups is 1. The van der Waals surface area contributed by atoms with Gasteiger partial charge in [0.15, 0.2) is 5.96 Å². The largest absolute Gasteiger partial charge is 0.353 e. The molecule has 0 aromatic heterocycles. The van der Waals surface area contributed by atoms with Crippen LogP contribution < -0.4 is 5.32 Å². The number of halogens is 1. The second kappa shape index (κ2) is 9.25. The molecular weight excluding hydrogens is 415 g/mol. The fraction of sp³-hybridized carbons (Fsp3) is 0.889. The maximum absolute atomic E-state index is 11.9. The molecule has 0 bridgehead atoms. The normalized spacial score (nSPS) is 25.3. The van der Waals surface area contributed by atoms with E-state index in [4.69, 9.17) is 0 Å². The van der Waals surface area contributed by atoms with Crippen molar-refractivity contribution in [2.45, 2.75) is 57.4 Å². The number of amides is 1. The second-order valence-corrected chi connectivity index (χ2v) is 7.74. The monoisotopic (exact) mass is 448 g/mol. The van der Waals surface area contributed by atoms with Gasteiger partial charge in [-0.25, -0.2) is 4.99 Å². The van der Waals surface area contributed by atoms with Crippen LogP contribution in [0, 0.1) is 11.8 Å². The zero-order valence-electron chi connectivity index (χ0n) is 15.2. The summed E-state index contributed by atoms with van der Waals surface area (Å²) in [6.45, 7) is 2.47. The third-order valence-corrected chi connectivity index (χ3v) is 5.61. The van der Waals surface area contributed by atoms with E-state index in [1.165, 1.54) is 51.4 Å². The maximum Gasteiger partial charge on any atom is 0.243 e. The molecule has 5 nitrogen and oxygen atoms in total. The molecule has 24 heavy (non-hydrogen) atoms. The lowest BCUT2D eigenvalue weighted by Gasteiger charge is -2.29. The molecule has 0 aromatic rings. The SMILES string of the molecule is CN(C)C(=O)CN=C(NC1CCCCC1)N1CCC(C2CC2)C1.I. The van der Waals surface area contributed by atoms with Crippen molar-refractivity contribution in [1.82, 2.24) is 15.1 Å². The molecule has 3 fully saturated rings. The molecule has 1 amide bonds. The van der Waals surface area contributed by atoms with Crippen molar-refractivity contribution in [3.8, 4) is 0 Å². The fourth-order valence-electron chi connectivity index (χ4n) is 3.88. The minimum atomic E-state index is 0. The van der Waals surface area contributed by atoms with Crippen molar-refractivity contribution in [3.05, 3.63) is 0 Å². The van der Waals surface area contributed by atoms with Crippen LogP contribution in [0.4, 0.5) is 0 Å². The van der Waals surface area contributed by atoms with Crippen LogP contribution in [0.5, 0.6) is 0 Å². The molecule has 138 valence electrons. The van der Waals surface area contributed by atoms with Crippen LogP contribution in [-0.2, 0) is 4.79 Å². The predicted molar refractivity (Wildman–Crippen MR) is 109 cm³/mol. The number of nitrogens with one attached hydrogen (secondary N) is 1. The average Bonchev–Trinajstić information content (AvgIpc) is 3.29. The van der Waals surface area contributed by atoms with Gasteiger partial charge in [-0.1, -0.05) is 19.3 Å². The van der Waals surface area contributed by atoms with E-state index in [-0.39, 0.29) is 36.4 Å². The molecule has 1 heterocycles. The Kier molecular flexibility index (Phi) is 7.62. The van der Waals surface area contributed by atoms with Gasteiger partial charge in [0.1, 0.15) is 6.54 Å². The summed E-state index contributed by atoms with van der Waals surface area (Å²) in [7, 11) is 3.59. The van der Waals surface area contributed by atoms with E-state index in [1.807, 2.05) is 0 Å². The summed E-state index contributed by atoms with van der Waals surface area (Å²) in [6, 6.07) is 0.539. The van der Waals surface area contributed by atoms with Gasteiger partial charge in [0.25, 0.3) is 0 Å². The average molecular weight is 448 g/mol. The molecule has 3 rings (SSSR count). The first kappa shape index (κ1) is 19.8. The molecular formula is C18H33IN4O. The Balaban J connectivity index is 0.00000208. The lowest BCUT2D eigenvalue weighted by molar-refractivity contribution is -0.127. The molecule has 6 heteroatoms. The van der Waals surface area contributed by atoms with Gasteiger partial charge < -0.3 is 15.1 Å². The smallest absolute Gasteiger partial charge is 0.243 e. The van der Waals surface area contributed by atoms with Crippen molar-refractivity contribution in [3.63, 3.8) is 0 Å². The van der Waals surface area contributed by atoms with Gasteiger partial charge in [0, 0.05) is 33.2 Å². The molecule has 1 atom stereocenters. The zero-order chi connectivity index (χ0) is 16.2. The van der Waals surface area contributed by atoms with Crippen LogP contribution in [0.15, 0.2) is 4.99 Å². The molecule has 2 aliphatic carbocycles. The third-order valence-electron chi connectivity index (χ3n) is 5.61. The van der Waals surface area contributed by atoms with Crippen molar-refractivity contribution in [1.29, 1.82) is 0 Å². The van der Waals surface area contributed by atoms with Crippen LogP contribution in [-0.4, -0.2) is 61.4 Å². The van der Waals surface area contributed by atoms with Gasteiger partial charge in [-0.05, 0) is 43.9 Å². The number of likely N-dealkylation sites (N-methyl/N-ethyl adjacent to an activating group) is 1. The van der Waals surface area contributed by atoms with E-state index in [1.54, 1.807) is 19.0 Å². The van der Waals surface area contributed by atoms with Crippen molar-refractivity contribution in [2.24, 2.45) is 16.8 Å². The minimum Gasteiger partial charge on any atom is -0.353 e. The third kappa shape index (κ3) is 5.49. The Bertz CT molecular complexity index is 444. The highest BCUT2D eigenvalue weighted by Crippen LogP contribution is 2.41. The van der Waals surface area contributed by atoms with Crippen LogP contribution in [0.25, 0.3) is 0 Å². The first-order valence-electron chi connectivity index (χ1n) is 9.39. The maximum atomic E-state index is 11.9. The Labute approximate surface area is 163 Å². The van der Waals surface area contributed by atoms with Crippen molar-refractivity contribution in [2.75, 3.05) is 33.7 Å². The number of nitrogens with zero attached hydrogens (tertiary/aromatic N) is 3. The number of carbonyl (C=O) groups excluding carboxylic acids is 1. The van der Waals surface area contributed by atoms with E-state index >= 15 is 0 Å². The molecule has 1 aliphatic heterocycles. The number of aliphatic imine (C=N–C) groups is 1. The van der Waals surface area contributed by atoms with Gasteiger partial charge in [-0.2, -0.15) is 0 Å². The minimum absolute atomic E-state index is 0. The van der Waals surface area contributed by atoms with Gasteiger partial charge >= 0.3 is 0 Å². The van der Waals surface area contributed by atoms with E-state index in [2.05, 4.69) is 15.2 Å². The highest BCUT2D eigenvalue weighted by atomic mass is 127. The van der Waals surface area contributed by atoms with Gasteiger partial charge in [-0.15, -0.1) is 24.0 Å². The molecule has 0 spiro atoms. The summed E-state index contributed by atoms with van der Waals surface area (Å²) >= 11 is 0. The van der Waals surface area contributed by atoms with Crippen LogP contribution in [0.2, 0.25) is 0 Å². The summed E-state index contributed by atoms with van der Waals surface area (Å²) < 4.78 is 0. The topological polar surface area (TPSA) is 47.9 Å². The zero-order valence-corrected chi connectivity index (χ0v) is 17.5. The van der Waals surface area contributed by atoms with Gasteiger partial charge in [0.05, 0.1) is 0 Å². The molecule has 3 aliphatic rings. The van der Waals surface area contributed by atoms with Gasteiger partial charge in [-0.3, -0.25) is 4.79 Å². The first-order valence-corrected chi connectivity index (χ1v) is 9.39. The van der Waals surface area contributed by atoms with Crippen LogP contribution in [0.3, 0.4) is 0 Å². The quantitative estimate of drug-likeness (QED) is 0.409. The van der Waals surface area contributed by atoms with Crippen LogP contribution >= 0.6 is 24.0 Å². The predicted octanol–water partition coefficient (Wildman–Crippen LogP) is 2.70. The highest BCUT2D eigenvalue weighted by molar-refractivity contribution is 14.0. The first-order chi connectivity index (χ1) is 11.1. The van der Waals surface area contributed by atoms with Gasteiger partial charge in [0.2, 0.25) is 5.91 Å². The molecule has 0 aromatic carbocycles. The van der Waals surface area contributed by atoms with E-state index in [9.17, 15) is 4.79 Å². The van der Waals surface area contributed by atoms with Crippen molar-refractivity contribution >= 4 is 35.8 Å². The number of carbonyl (C=O) groups is 1. The number of likely N-dealkylation sites (tertiary alicyclic amines) is 1. The van der Waals surface area contributed by atoms with E-state index in [0.717, 1.165) is 30.9 Å². The molecule has 0 radical (unpaired) electrons. The number of hydrogen-bond donors (Lipinski definition) is 1. The lowest BCUT2D eigenvalue weighted by atomic mass is 9.96. The fourth-order valence-corrected chi connectivity index (χ4v) is 3.88. The van der Waals surface area contributed by atoms with Crippen LogP contribution in [0.1, 0.15) is 51.4 Å². The summed E-state index contributed by atoms with van der Waals surface area (Å²) in [4.78, 5) is 20.6. The molecule has 2 saturated carbocycles. The summed E-state index contributed by atoms with van der Waals surface area (Å²) in [5.74, 6) is 2.86. The number of rotatable bonds is 4. The summed E-state index contributed by atoms with van der Waals surface area (Å²) in [5, 5.41) is 3.68. The molecule has 1 N–H and O–H groups in total. The molecule has 1 unspecified atom stereocenters. The Hall–Kier alpha value is -0.530. The summed E-state index contributed by atoms with van der Waals surface area (Å²) in [5.41, 5.74) is 0. The Morgan fingerprint density at radius 2 is 1.79 bits per heavy atom. The standard InChI is InChI=1S/C18H32N4O.HI/c1-21(2)17(23)12-19-18(20-16-6-4-3-5-7-16)22-11-10-15(13-22)14-8-9-14;/h14-16H,3-13H2,1-2H3,(H,19,20);1H. The highest BCUT2D eigenvalue weighted by Gasteiger charge is 2.37. The molecule has 1 saturated heterocycles. The lowest BCUT2D eigenvalue weighted by Crippen LogP contribution is -2.46. The summed E-state index contributed by atoms with van der Waals surface area (Å²) in [6.07, 6.45) is 10.6. The Morgan fingerprint density at radius 3 is 2.42 bits per heavy atom. The second-order valence-electron chi connectivity index (χ2n) is 7.74. The van der Waals surface area contributed by atoms with E-state index in [0.29, 0.717) is 6.04 Å². The van der Waals surface area contributed by atoms with Crippen molar-refractivity contribution < 1.29 is 4.79 Å². The Morgan fingerprint density at radius 1 is 1.08 bits per heavy atom.